The molecule has 1 heteroatoms. The Morgan fingerprint density at radius 1 is 0.905 bits per heavy atom. The number of benzene rings is 1. The van der Waals surface area contributed by atoms with Gasteiger partial charge in [-0.1, -0.05) is 30.3 Å². The highest BCUT2D eigenvalue weighted by molar-refractivity contribution is 5.30. The van der Waals surface area contributed by atoms with Gasteiger partial charge in [-0.2, -0.15) is 0 Å². The molecular weight excluding hydrogens is 254 g/mol. The zero-order chi connectivity index (χ0) is 14.2. The largest absolute Gasteiger partial charge is 0.307 e. The molecule has 2 aliphatic carbocycles. The van der Waals surface area contributed by atoms with Gasteiger partial charge in [-0.05, 0) is 73.3 Å². The molecule has 1 aromatic rings. The van der Waals surface area contributed by atoms with Crippen LogP contribution in [0, 0.1) is 17.8 Å². The van der Waals surface area contributed by atoms with Gasteiger partial charge in [0.1, 0.15) is 0 Å². The molecule has 4 unspecified atom stereocenters. The molecule has 1 N–H and O–H groups in total. The highest BCUT2D eigenvalue weighted by atomic mass is 15.1. The van der Waals surface area contributed by atoms with Crippen LogP contribution >= 0.6 is 0 Å². The lowest BCUT2D eigenvalue weighted by molar-refractivity contribution is 0.133. The Bertz CT molecular complexity index is 499. The van der Waals surface area contributed by atoms with Crippen molar-refractivity contribution in [2.75, 3.05) is 6.54 Å². The molecule has 0 aromatic heterocycles. The van der Waals surface area contributed by atoms with Crippen LogP contribution in [-0.2, 0) is 0 Å². The van der Waals surface area contributed by atoms with Crippen molar-refractivity contribution in [1.82, 2.24) is 5.32 Å². The molecule has 3 fully saturated rings. The maximum absolute atomic E-state index is 4.01. The van der Waals surface area contributed by atoms with Crippen LogP contribution < -0.4 is 5.32 Å². The first-order valence-corrected chi connectivity index (χ1v) is 8.79. The van der Waals surface area contributed by atoms with E-state index >= 15 is 0 Å². The number of hydrogen-bond acceptors (Lipinski definition) is 1. The van der Waals surface area contributed by atoms with Crippen LogP contribution in [0.15, 0.2) is 36.9 Å². The van der Waals surface area contributed by atoms with Gasteiger partial charge in [-0.3, -0.25) is 0 Å². The second-order valence-electron chi connectivity index (χ2n) is 7.47. The summed E-state index contributed by atoms with van der Waals surface area (Å²) in [4.78, 5) is 0. The minimum absolute atomic E-state index is 0.643. The van der Waals surface area contributed by atoms with E-state index in [0.29, 0.717) is 6.04 Å². The molecule has 0 radical (unpaired) electrons. The fourth-order valence-corrected chi connectivity index (χ4v) is 4.74. The summed E-state index contributed by atoms with van der Waals surface area (Å²) in [7, 11) is 0. The molecule has 1 aromatic carbocycles. The summed E-state index contributed by atoms with van der Waals surface area (Å²) in [6.45, 7) is 5.17. The van der Waals surface area contributed by atoms with E-state index in [9.17, 15) is 0 Å². The molecule has 3 aliphatic rings. The molecule has 1 nitrogen and oxygen atoms in total. The van der Waals surface area contributed by atoms with Gasteiger partial charge < -0.3 is 5.32 Å². The monoisotopic (exact) mass is 281 g/mol. The van der Waals surface area contributed by atoms with Crippen LogP contribution in [0.25, 0.3) is 0 Å². The topological polar surface area (TPSA) is 21.9 Å². The van der Waals surface area contributed by atoms with Gasteiger partial charge in [0, 0.05) is 12.6 Å². The summed E-state index contributed by atoms with van der Waals surface area (Å²) in [5, 5.41) is 3.39. The maximum Gasteiger partial charge on any atom is 0.0447 e. The van der Waals surface area contributed by atoms with E-state index in [-0.39, 0.29) is 0 Å². The minimum atomic E-state index is 0.643. The Morgan fingerprint density at radius 2 is 1.57 bits per heavy atom. The number of hydrogen-bond donors (Lipinski definition) is 1. The molecule has 0 bridgehead atoms. The van der Waals surface area contributed by atoms with Gasteiger partial charge >= 0.3 is 0 Å². The predicted molar refractivity (Wildman–Crippen MR) is 88.3 cm³/mol. The Morgan fingerprint density at radius 3 is 2.29 bits per heavy atom. The zero-order valence-electron chi connectivity index (χ0n) is 12.9. The smallest absolute Gasteiger partial charge is 0.0447 e. The van der Waals surface area contributed by atoms with Crippen LogP contribution in [0.3, 0.4) is 0 Å². The van der Waals surface area contributed by atoms with Gasteiger partial charge in [0.15, 0.2) is 0 Å². The molecule has 1 aliphatic heterocycles. The quantitative estimate of drug-likeness (QED) is 0.623. The first-order chi connectivity index (χ1) is 10.3. The van der Waals surface area contributed by atoms with Gasteiger partial charge in [0.2, 0.25) is 0 Å². The lowest BCUT2D eigenvalue weighted by Crippen LogP contribution is -2.29. The normalized spacial score (nSPS) is 38.6. The first kappa shape index (κ1) is 13.6. The van der Waals surface area contributed by atoms with E-state index < -0.39 is 0 Å². The van der Waals surface area contributed by atoms with Crippen molar-refractivity contribution in [3.05, 3.63) is 48.0 Å². The van der Waals surface area contributed by atoms with Crippen molar-refractivity contribution < 1.29 is 0 Å². The first-order valence-electron chi connectivity index (χ1n) is 8.79. The van der Waals surface area contributed by atoms with Gasteiger partial charge in [-0.25, -0.2) is 0 Å². The van der Waals surface area contributed by atoms with Crippen molar-refractivity contribution in [2.45, 2.75) is 50.5 Å². The highest BCUT2D eigenvalue weighted by Crippen LogP contribution is 2.47. The van der Waals surface area contributed by atoms with Crippen LogP contribution in [0.5, 0.6) is 0 Å². The standard InChI is InChI=1S/C20H27N/c1-2-14-3-4-19-12-18(10-9-17(19)11-14)15-5-7-16(8-6-15)20-13-21-20/h2,5-8,14,17-21H,1,3-4,9-13H2/t14?,17?,18?,19?,20-/m0/s1. The van der Waals surface area contributed by atoms with E-state index in [1.165, 1.54) is 44.1 Å². The highest BCUT2D eigenvalue weighted by Gasteiger charge is 2.35. The van der Waals surface area contributed by atoms with Gasteiger partial charge in [-0.15, -0.1) is 6.58 Å². The minimum Gasteiger partial charge on any atom is -0.307 e. The third kappa shape index (κ3) is 2.81. The number of fused-ring (bicyclic) bond motifs is 1. The summed E-state index contributed by atoms with van der Waals surface area (Å²) in [6, 6.07) is 10.1. The molecule has 1 heterocycles. The van der Waals surface area contributed by atoms with E-state index in [1.54, 1.807) is 5.56 Å². The molecule has 4 rings (SSSR count). The number of rotatable bonds is 3. The summed E-state index contributed by atoms with van der Waals surface area (Å²) < 4.78 is 0. The molecule has 21 heavy (non-hydrogen) atoms. The Hall–Kier alpha value is -1.08. The van der Waals surface area contributed by atoms with Crippen LogP contribution in [0.1, 0.15) is 61.6 Å². The van der Waals surface area contributed by atoms with E-state index in [0.717, 1.165) is 30.2 Å². The van der Waals surface area contributed by atoms with Gasteiger partial charge in [0.25, 0.3) is 0 Å². The SMILES string of the molecule is C=CC1CCC2CC(c3ccc([C@@H]4CN4)cc3)CCC2C1. The average Bonchev–Trinajstić information content (AvgIpc) is 3.39. The second kappa shape index (κ2) is 5.61. The molecule has 5 atom stereocenters. The van der Waals surface area contributed by atoms with Gasteiger partial charge in [0.05, 0.1) is 0 Å². The summed E-state index contributed by atoms with van der Waals surface area (Å²) in [5.41, 5.74) is 3.06. The van der Waals surface area contributed by atoms with Crippen molar-refractivity contribution >= 4 is 0 Å². The van der Waals surface area contributed by atoms with Crippen molar-refractivity contribution in [3.8, 4) is 0 Å². The molecule has 0 amide bonds. The Kier molecular flexibility index (Phi) is 3.62. The van der Waals surface area contributed by atoms with Crippen LogP contribution in [0.4, 0.5) is 0 Å². The van der Waals surface area contributed by atoms with E-state index in [1.807, 2.05) is 0 Å². The zero-order valence-corrected chi connectivity index (χ0v) is 12.9. The Balaban J connectivity index is 1.42. The lowest BCUT2D eigenvalue weighted by Gasteiger charge is -2.41. The molecule has 1 saturated heterocycles. The van der Waals surface area contributed by atoms with Crippen LogP contribution in [-0.4, -0.2) is 6.54 Å². The van der Waals surface area contributed by atoms with Crippen LogP contribution in [0.2, 0.25) is 0 Å². The lowest BCUT2D eigenvalue weighted by atomic mass is 9.64. The Labute approximate surface area is 128 Å². The molecule has 112 valence electrons. The third-order valence-electron chi connectivity index (χ3n) is 6.21. The number of nitrogens with one attached hydrogen (secondary N) is 1. The average molecular weight is 281 g/mol. The fraction of sp³-hybridized carbons (Fsp3) is 0.600. The van der Waals surface area contributed by atoms with Crippen molar-refractivity contribution in [3.63, 3.8) is 0 Å². The maximum atomic E-state index is 4.01. The van der Waals surface area contributed by atoms with Crippen molar-refractivity contribution in [2.24, 2.45) is 17.8 Å². The molecular formula is C20H27N. The fourth-order valence-electron chi connectivity index (χ4n) is 4.74. The third-order valence-corrected chi connectivity index (χ3v) is 6.21. The van der Waals surface area contributed by atoms with E-state index in [4.69, 9.17) is 0 Å². The summed E-state index contributed by atoms with van der Waals surface area (Å²) in [5.74, 6) is 3.57. The number of allylic oxidation sites excluding steroid dienone is 1. The molecule has 0 spiro atoms. The van der Waals surface area contributed by atoms with E-state index in [2.05, 4.69) is 42.2 Å². The summed E-state index contributed by atoms with van der Waals surface area (Å²) >= 11 is 0. The molecule has 2 saturated carbocycles. The van der Waals surface area contributed by atoms with Crippen molar-refractivity contribution in [1.29, 1.82) is 0 Å². The second-order valence-corrected chi connectivity index (χ2v) is 7.47. The summed E-state index contributed by atoms with van der Waals surface area (Å²) in [6.07, 6.45) is 10.7. The predicted octanol–water partition coefficient (Wildman–Crippen LogP) is 4.82.